The summed E-state index contributed by atoms with van der Waals surface area (Å²) < 4.78 is 6.82. The standard InChI is InChI=1S/C29H30N2O4/c1-4-35-26(34)17-23(33)16-22(32)14-15-25-27(20-10-6-5-7-11-20)29-24-13-9-8-12-21(24)18-30-31(29)28(25)19(2)3/h5-15,18-19,22,32H,4,16-17H2,1-3H3. The molecule has 6 nitrogen and oxygen atoms in total. The van der Waals surface area contributed by atoms with Gasteiger partial charge in [-0.1, -0.05) is 80.6 Å². The van der Waals surface area contributed by atoms with E-state index in [4.69, 9.17) is 9.84 Å². The van der Waals surface area contributed by atoms with Crippen molar-refractivity contribution in [3.63, 3.8) is 0 Å². The molecule has 1 N–H and O–H groups in total. The summed E-state index contributed by atoms with van der Waals surface area (Å²) >= 11 is 0. The zero-order valence-corrected chi connectivity index (χ0v) is 20.3. The molecule has 4 rings (SSSR count). The van der Waals surface area contributed by atoms with Gasteiger partial charge in [0.05, 0.1) is 30.1 Å². The van der Waals surface area contributed by atoms with Crippen LogP contribution in [0.2, 0.25) is 0 Å². The first-order valence-corrected chi connectivity index (χ1v) is 11.9. The van der Waals surface area contributed by atoms with Crippen molar-refractivity contribution in [2.75, 3.05) is 6.61 Å². The Morgan fingerprint density at radius 1 is 1.09 bits per heavy atom. The molecule has 0 aliphatic heterocycles. The van der Waals surface area contributed by atoms with E-state index in [1.54, 1.807) is 13.0 Å². The lowest BCUT2D eigenvalue weighted by atomic mass is 9.95. The number of rotatable bonds is 9. The smallest absolute Gasteiger partial charge is 0.313 e. The summed E-state index contributed by atoms with van der Waals surface area (Å²) in [6.45, 7) is 6.14. The van der Waals surface area contributed by atoms with Gasteiger partial charge < -0.3 is 9.84 Å². The van der Waals surface area contributed by atoms with Crippen molar-refractivity contribution in [3.05, 3.63) is 78.1 Å². The number of hydrogen-bond donors (Lipinski definition) is 1. The molecule has 0 amide bonds. The van der Waals surface area contributed by atoms with E-state index in [1.165, 1.54) is 0 Å². The molecule has 0 bridgehead atoms. The predicted octanol–water partition coefficient (Wildman–Crippen LogP) is 5.56. The molecular weight excluding hydrogens is 440 g/mol. The number of carbonyl (C=O) groups excluding carboxylic acids is 2. The summed E-state index contributed by atoms with van der Waals surface area (Å²) in [4.78, 5) is 23.8. The second-order valence-corrected chi connectivity index (χ2v) is 8.84. The van der Waals surface area contributed by atoms with Gasteiger partial charge in [0, 0.05) is 28.3 Å². The lowest BCUT2D eigenvalue weighted by Crippen LogP contribution is -2.16. The third-order valence-corrected chi connectivity index (χ3v) is 5.93. The molecule has 1 atom stereocenters. The molecule has 180 valence electrons. The highest BCUT2D eigenvalue weighted by Crippen LogP contribution is 2.40. The van der Waals surface area contributed by atoms with Crippen LogP contribution in [-0.2, 0) is 14.3 Å². The van der Waals surface area contributed by atoms with Gasteiger partial charge in [0.25, 0.3) is 0 Å². The van der Waals surface area contributed by atoms with Crippen LogP contribution >= 0.6 is 0 Å². The number of nitrogens with zero attached hydrogens (tertiary/aromatic N) is 2. The number of hydrogen-bond acceptors (Lipinski definition) is 5. The van der Waals surface area contributed by atoms with Gasteiger partial charge in [0.15, 0.2) is 0 Å². The van der Waals surface area contributed by atoms with E-state index in [9.17, 15) is 14.7 Å². The van der Waals surface area contributed by atoms with Crippen LogP contribution in [0.5, 0.6) is 0 Å². The average Bonchev–Trinajstić information content (AvgIpc) is 3.18. The van der Waals surface area contributed by atoms with Gasteiger partial charge >= 0.3 is 5.97 Å². The van der Waals surface area contributed by atoms with Crippen molar-refractivity contribution < 1.29 is 19.4 Å². The largest absolute Gasteiger partial charge is 0.466 e. The number of aromatic nitrogens is 2. The van der Waals surface area contributed by atoms with E-state index in [-0.39, 0.29) is 31.1 Å². The van der Waals surface area contributed by atoms with Crippen LogP contribution in [0, 0.1) is 0 Å². The first-order valence-electron chi connectivity index (χ1n) is 11.9. The third kappa shape index (κ3) is 5.17. The van der Waals surface area contributed by atoms with Crippen molar-refractivity contribution in [1.29, 1.82) is 0 Å². The first-order chi connectivity index (χ1) is 16.9. The number of aliphatic hydroxyl groups is 1. The van der Waals surface area contributed by atoms with E-state index >= 15 is 0 Å². The van der Waals surface area contributed by atoms with E-state index < -0.39 is 12.1 Å². The zero-order chi connectivity index (χ0) is 24.9. The summed E-state index contributed by atoms with van der Waals surface area (Å²) in [5, 5.41) is 17.5. The van der Waals surface area contributed by atoms with Crippen LogP contribution in [0.4, 0.5) is 0 Å². The summed E-state index contributed by atoms with van der Waals surface area (Å²) in [5.41, 5.74) is 5.05. The number of ketones is 1. The molecule has 0 aliphatic carbocycles. The highest BCUT2D eigenvalue weighted by Gasteiger charge is 2.23. The molecule has 0 aliphatic rings. The van der Waals surface area contributed by atoms with Gasteiger partial charge in [-0.2, -0.15) is 5.10 Å². The van der Waals surface area contributed by atoms with Gasteiger partial charge in [0.1, 0.15) is 12.2 Å². The normalized spacial score (nSPS) is 12.6. The fraction of sp³-hybridized carbons (Fsp3) is 0.276. The Morgan fingerprint density at radius 2 is 1.80 bits per heavy atom. The fourth-order valence-electron chi connectivity index (χ4n) is 4.49. The van der Waals surface area contributed by atoms with E-state index in [2.05, 4.69) is 32.0 Å². The van der Waals surface area contributed by atoms with Crippen LogP contribution in [0.25, 0.3) is 33.5 Å². The first kappa shape index (κ1) is 24.4. The molecule has 0 fully saturated rings. The topological polar surface area (TPSA) is 80.9 Å². The maximum atomic E-state index is 12.2. The SMILES string of the molecule is CCOC(=O)CC(=O)CC(O)C=Cc1c(-c2ccccc2)c2c3ccccc3cnn2c1C(C)C. The number of ether oxygens (including phenoxy) is 1. The molecule has 2 aromatic heterocycles. The molecule has 2 heterocycles. The monoisotopic (exact) mass is 470 g/mol. The summed E-state index contributed by atoms with van der Waals surface area (Å²) in [5.74, 6) is -0.780. The Kier molecular flexibility index (Phi) is 7.42. The second kappa shape index (κ2) is 10.7. The highest BCUT2D eigenvalue weighted by atomic mass is 16.5. The van der Waals surface area contributed by atoms with Crippen molar-refractivity contribution in [1.82, 2.24) is 9.61 Å². The zero-order valence-electron chi connectivity index (χ0n) is 20.3. The molecule has 4 aromatic rings. The molecule has 6 heteroatoms. The van der Waals surface area contributed by atoms with Gasteiger partial charge in [-0.25, -0.2) is 4.52 Å². The number of fused-ring (bicyclic) bond motifs is 3. The van der Waals surface area contributed by atoms with Crippen LogP contribution in [-0.4, -0.2) is 39.2 Å². The Morgan fingerprint density at radius 3 is 2.51 bits per heavy atom. The lowest BCUT2D eigenvalue weighted by molar-refractivity contribution is -0.145. The number of esters is 1. The second-order valence-electron chi connectivity index (χ2n) is 8.84. The van der Waals surface area contributed by atoms with Gasteiger partial charge in [-0.15, -0.1) is 0 Å². The Balaban J connectivity index is 1.82. The molecule has 1 unspecified atom stereocenters. The molecule has 0 saturated heterocycles. The molecular formula is C29H30N2O4. The minimum atomic E-state index is -1.02. The number of aliphatic hydroxyl groups excluding tert-OH is 1. The molecule has 0 saturated carbocycles. The van der Waals surface area contributed by atoms with E-state index in [1.807, 2.05) is 53.2 Å². The van der Waals surface area contributed by atoms with Crippen molar-refractivity contribution in [3.8, 4) is 11.1 Å². The number of carbonyl (C=O) groups is 2. The lowest BCUT2D eigenvalue weighted by Gasteiger charge is -2.09. The van der Waals surface area contributed by atoms with Crippen molar-refractivity contribution in [2.45, 2.75) is 45.6 Å². The van der Waals surface area contributed by atoms with E-state index in [0.29, 0.717) is 0 Å². The van der Waals surface area contributed by atoms with E-state index in [0.717, 1.165) is 38.7 Å². The molecule has 35 heavy (non-hydrogen) atoms. The Labute approximate surface area is 204 Å². The highest BCUT2D eigenvalue weighted by molar-refractivity contribution is 6.06. The van der Waals surface area contributed by atoms with Crippen LogP contribution in [0.15, 0.2) is 66.9 Å². The van der Waals surface area contributed by atoms with Crippen LogP contribution in [0.1, 0.15) is 50.8 Å². The third-order valence-electron chi connectivity index (χ3n) is 5.93. The Hall–Kier alpha value is -3.77. The Bertz CT molecular complexity index is 1390. The number of benzene rings is 2. The minimum Gasteiger partial charge on any atom is -0.466 e. The summed E-state index contributed by atoms with van der Waals surface area (Å²) in [6.07, 6.45) is 3.87. The van der Waals surface area contributed by atoms with Gasteiger partial charge in [-0.3, -0.25) is 9.59 Å². The van der Waals surface area contributed by atoms with Gasteiger partial charge in [-0.05, 0) is 18.4 Å². The summed E-state index contributed by atoms with van der Waals surface area (Å²) in [6, 6.07) is 18.3. The molecule has 0 spiro atoms. The van der Waals surface area contributed by atoms with Crippen molar-refractivity contribution in [2.24, 2.45) is 0 Å². The molecule has 2 aromatic carbocycles. The van der Waals surface area contributed by atoms with Crippen LogP contribution in [0.3, 0.4) is 0 Å². The van der Waals surface area contributed by atoms with Gasteiger partial charge in [0.2, 0.25) is 0 Å². The summed E-state index contributed by atoms with van der Waals surface area (Å²) in [7, 11) is 0. The number of Topliss-reactive ketones (excluding diaryl/α,β-unsaturated/α-hetero) is 1. The quantitative estimate of drug-likeness (QED) is 0.256. The van der Waals surface area contributed by atoms with Crippen molar-refractivity contribution >= 4 is 34.1 Å². The minimum absolute atomic E-state index is 0.149. The van der Waals surface area contributed by atoms with Crippen LogP contribution < -0.4 is 0 Å². The predicted molar refractivity (Wildman–Crippen MR) is 138 cm³/mol. The fourth-order valence-corrected chi connectivity index (χ4v) is 4.49. The maximum Gasteiger partial charge on any atom is 0.313 e. The average molecular weight is 471 g/mol. The maximum absolute atomic E-state index is 12.2. The molecule has 0 radical (unpaired) electrons.